The van der Waals surface area contributed by atoms with Crippen LogP contribution in [0.2, 0.25) is 0 Å². The van der Waals surface area contributed by atoms with Crippen molar-refractivity contribution in [2.24, 2.45) is 0 Å². The van der Waals surface area contributed by atoms with Crippen LogP contribution in [0.15, 0.2) is 30.3 Å². The van der Waals surface area contributed by atoms with Crippen LogP contribution in [0.5, 0.6) is 0 Å². The molecule has 0 aromatic heterocycles. The van der Waals surface area contributed by atoms with E-state index in [4.69, 9.17) is 4.74 Å². The second-order valence-electron chi connectivity index (χ2n) is 7.24. The summed E-state index contributed by atoms with van der Waals surface area (Å²) in [6.45, 7) is 3.97. The van der Waals surface area contributed by atoms with Crippen molar-refractivity contribution < 1.29 is 14.3 Å². The molecule has 6 nitrogen and oxygen atoms in total. The topological polar surface area (TPSA) is 61.9 Å². The molecule has 3 saturated heterocycles. The fraction of sp³-hybridized carbons (Fsp3) is 0.579. The van der Waals surface area contributed by atoms with Crippen molar-refractivity contribution in [2.45, 2.75) is 30.7 Å². The minimum Gasteiger partial charge on any atom is -0.378 e. The van der Waals surface area contributed by atoms with E-state index in [-0.39, 0.29) is 23.4 Å². The number of nitrogens with zero attached hydrogens (tertiary/aromatic N) is 2. The second-order valence-corrected chi connectivity index (χ2v) is 7.24. The van der Waals surface area contributed by atoms with Gasteiger partial charge in [-0.1, -0.05) is 30.3 Å². The van der Waals surface area contributed by atoms with Crippen molar-refractivity contribution >= 4 is 11.9 Å². The van der Waals surface area contributed by atoms with E-state index in [0.717, 1.165) is 12.8 Å². The molecule has 0 bridgehead atoms. The molecule has 0 saturated carbocycles. The van der Waals surface area contributed by atoms with Gasteiger partial charge in [0.05, 0.1) is 18.8 Å². The number of urea groups is 1. The monoisotopic (exact) mass is 343 g/mol. The first-order valence-electron chi connectivity index (χ1n) is 9.15. The van der Waals surface area contributed by atoms with Crippen molar-refractivity contribution in [3.8, 4) is 0 Å². The van der Waals surface area contributed by atoms with Crippen LogP contribution in [0, 0.1) is 0 Å². The number of amides is 3. The van der Waals surface area contributed by atoms with E-state index < -0.39 is 0 Å². The molecule has 1 atom stereocenters. The summed E-state index contributed by atoms with van der Waals surface area (Å²) in [4.78, 5) is 28.6. The number of hydrogen-bond donors (Lipinski definition) is 1. The van der Waals surface area contributed by atoms with Crippen molar-refractivity contribution in [3.63, 3.8) is 0 Å². The number of benzene rings is 1. The molecule has 1 N–H and O–H groups in total. The number of morpholine rings is 1. The molecular formula is C19H25N3O3. The van der Waals surface area contributed by atoms with Gasteiger partial charge in [-0.15, -0.1) is 0 Å². The van der Waals surface area contributed by atoms with Crippen molar-refractivity contribution in [1.82, 2.24) is 15.1 Å². The first kappa shape index (κ1) is 16.4. The molecule has 3 heterocycles. The fourth-order valence-corrected chi connectivity index (χ4v) is 4.44. The molecule has 3 fully saturated rings. The van der Waals surface area contributed by atoms with Crippen molar-refractivity contribution in [1.29, 1.82) is 0 Å². The minimum absolute atomic E-state index is 0.110. The standard InChI is InChI=1S/C19H25N3O3/c23-17-14-16(15-4-2-1-3-5-15)19(20-17)6-8-21(9-7-19)18(24)22-10-12-25-13-11-22/h1-5,16H,6-14H2,(H,20,23)/t16-/m0/s1. The summed E-state index contributed by atoms with van der Waals surface area (Å²) < 4.78 is 5.33. The van der Waals surface area contributed by atoms with Gasteiger partial charge in [0.25, 0.3) is 0 Å². The van der Waals surface area contributed by atoms with E-state index >= 15 is 0 Å². The highest BCUT2D eigenvalue weighted by molar-refractivity contribution is 5.82. The smallest absolute Gasteiger partial charge is 0.320 e. The van der Waals surface area contributed by atoms with Gasteiger partial charge < -0.3 is 19.9 Å². The van der Waals surface area contributed by atoms with E-state index in [1.165, 1.54) is 5.56 Å². The van der Waals surface area contributed by atoms with Gasteiger partial charge in [-0.2, -0.15) is 0 Å². The van der Waals surface area contributed by atoms with Crippen LogP contribution in [-0.2, 0) is 9.53 Å². The molecular weight excluding hydrogens is 318 g/mol. The number of ether oxygens (including phenoxy) is 1. The number of piperidine rings is 1. The average molecular weight is 343 g/mol. The number of hydrogen-bond acceptors (Lipinski definition) is 3. The average Bonchev–Trinajstić information content (AvgIpc) is 2.99. The first-order valence-corrected chi connectivity index (χ1v) is 9.15. The SMILES string of the molecule is O=C1C[C@@H](c2ccccc2)C2(CCN(C(=O)N3CCOCC3)CC2)N1. The Balaban J connectivity index is 1.46. The number of carbonyl (C=O) groups is 2. The molecule has 134 valence electrons. The molecule has 1 spiro atoms. The van der Waals surface area contributed by atoms with Gasteiger partial charge in [-0.25, -0.2) is 4.79 Å². The number of likely N-dealkylation sites (tertiary alicyclic amines) is 1. The number of carbonyl (C=O) groups excluding carboxylic acids is 2. The van der Waals surface area contributed by atoms with Crippen molar-refractivity contribution in [3.05, 3.63) is 35.9 Å². The largest absolute Gasteiger partial charge is 0.378 e. The van der Waals surface area contributed by atoms with E-state index in [9.17, 15) is 9.59 Å². The summed E-state index contributed by atoms with van der Waals surface area (Å²) in [6, 6.07) is 10.4. The Labute approximate surface area is 148 Å². The number of nitrogens with one attached hydrogen (secondary N) is 1. The van der Waals surface area contributed by atoms with Crippen LogP contribution in [0.4, 0.5) is 4.79 Å². The van der Waals surface area contributed by atoms with Crippen LogP contribution >= 0.6 is 0 Å². The summed E-state index contributed by atoms with van der Waals surface area (Å²) in [5, 5.41) is 3.25. The Morgan fingerprint density at radius 1 is 1.04 bits per heavy atom. The van der Waals surface area contributed by atoms with Gasteiger partial charge in [0, 0.05) is 38.5 Å². The maximum Gasteiger partial charge on any atom is 0.320 e. The molecule has 0 aliphatic carbocycles. The van der Waals surface area contributed by atoms with Gasteiger partial charge in [0.1, 0.15) is 0 Å². The molecule has 1 aromatic rings. The molecule has 0 radical (unpaired) electrons. The van der Waals surface area contributed by atoms with Gasteiger partial charge >= 0.3 is 6.03 Å². The summed E-state index contributed by atoms with van der Waals surface area (Å²) in [5.41, 5.74) is 1.01. The lowest BCUT2D eigenvalue weighted by Gasteiger charge is -2.44. The van der Waals surface area contributed by atoms with Gasteiger partial charge in [0.2, 0.25) is 5.91 Å². The van der Waals surface area contributed by atoms with Crippen LogP contribution in [0.25, 0.3) is 0 Å². The second kappa shape index (κ2) is 6.67. The summed E-state index contributed by atoms with van der Waals surface area (Å²) in [6.07, 6.45) is 2.17. The highest BCUT2D eigenvalue weighted by Crippen LogP contribution is 2.43. The highest BCUT2D eigenvalue weighted by Gasteiger charge is 2.49. The molecule has 4 rings (SSSR count). The van der Waals surface area contributed by atoms with Crippen LogP contribution in [0.3, 0.4) is 0 Å². The van der Waals surface area contributed by atoms with Crippen LogP contribution in [0.1, 0.15) is 30.7 Å². The lowest BCUT2D eigenvalue weighted by molar-refractivity contribution is -0.120. The zero-order valence-electron chi connectivity index (χ0n) is 14.4. The molecule has 3 aliphatic heterocycles. The van der Waals surface area contributed by atoms with E-state index in [0.29, 0.717) is 45.8 Å². The Bertz CT molecular complexity index is 635. The molecule has 3 aliphatic rings. The quantitative estimate of drug-likeness (QED) is 0.842. The lowest BCUT2D eigenvalue weighted by Crippen LogP contribution is -2.57. The van der Waals surface area contributed by atoms with Crippen molar-refractivity contribution in [2.75, 3.05) is 39.4 Å². The third-order valence-electron chi connectivity index (χ3n) is 5.85. The Kier molecular flexibility index (Phi) is 4.37. The highest BCUT2D eigenvalue weighted by atomic mass is 16.5. The minimum atomic E-state index is -0.208. The molecule has 6 heteroatoms. The zero-order valence-corrected chi connectivity index (χ0v) is 14.4. The molecule has 3 amide bonds. The van der Waals surface area contributed by atoms with Crippen LogP contribution in [-0.4, -0.2) is 66.7 Å². The maximum atomic E-state index is 12.7. The predicted molar refractivity (Wildman–Crippen MR) is 93.3 cm³/mol. The molecule has 0 unspecified atom stereocenters. The zero-order chi connectivity index (χ0) is 17.3. The Morgan fingerprint density at radius 2 is 1.68 bits per heavy atom. The predicted octanol–water partition coefficient (Wildman–Crippen LogP) is 1.58. The molecule has 1 aromatic carbocycles. The Morgan fingerprint density at radius 3 is 2.36 bits per heavy atom. The molecule has 25 heavy (non-hydrogen) atoms. The van der Waals surface area contributed by atoms with E-state index in [2.05, 4.69) is 17.4 Å². The van der Waals surface area contributed by atoms with Crippen LogP contribution < -0.4 is 5.32 Å². The van der Waals surface area contributed by atoms with Gasteiger partial charge in [0.15, 0.2) is 0 Å². The third-order valence-corrected chi connectivity index (χ3v) is 5.85. The fourth-order valence-electron chi connectivity index (χ4n) is 4.44. The Hall–Kier alpha value is -2.08. The summed E-state index contributed by atoms with van der Waals surface area (Å²) >= 11 is 0. The maximum absolute atomic E-state index is 12.7. The van der Waals surface area contributed by atoms with E-state index in [1.807, 2.05) is 28.0 Å². The summed E-state index contributed by atoms with van der Waals surface area (Å²) in [5.74, 6) is 0.323. The third kappa shape index (κ3) is 3.11. The lowest BCUT2D eigenvalue weighted by atomic mass is 9.74. The number of rotatable bonds is 1. The van der Waals surface area contributed by atoms with Gasteiger partial charge in [-0.3, -0.25) is 4.79 Å². The van der Waals surface area contributed by atoms with Gasteiger partial charge in [-0.05, 0) is 18.4 Å². The normalized spacial score (nSPS) is 25.9. The summed E-state index contributed by atoms with van der Waals surface area (Å²) in [7, 11) is 0. The van der Waals surface area contributed by atoms with E-state index in [1.54, 1.807) is 0 Å². The first-order chi connectivity index (χ1) is 12.2.